The molecule has 2 amide bonds. The molecule has 0 saturated carbocycles. The first-order valence-corrected chi connectivity index (χ1v) is 9.31. The Morgan fingerprint density at radius 3 is 2.44 bits per heavy atom. The normalized spacial score (nSPS) is 10.6. The smallest absolute Gasteiger partial charge is 0.269 e. The maximum atomic E-state index is 12.5. The molecule has 0 saturated heterocycles. The summed E-state index contributed by atoms with van der Waals surface area (Å²) in [5.74, 6) is -0.340. The molecule has 0 aliphatic heterocycles. The Morgan fingerprint density at radius 2 is 1.89 bits per heavy atom. The summed E-state index contributed by atoms with van der Waals surface area (Å²) >= 11 is 1.57. The molecule has 144 valence electrons. The van der Waals surface area contributed by atoms with Crippen LogP contribution in [0, 0.1) is 10.1 Å². The van der Waals surface area contributed by atoms with Crippen LogP contribution in [0.4, 0.5) is 11.4 Å². The number of nitrogens with zero attached hydrogens (tertiary/aromatic N) is 3. The van der Waals surface area contributed by atoms with Crippen LogP contribution in [0.5, 0.6) is 0 Å². The number of thiophene rings is 1. The molecular weight excluding hydrogens is 368 g/mol. The average Bonchev–Trinajstić information content (AvgIpc) is 3.18. The summed E-state index contributed by atoms with van der Waals surface area (Å²) in [4.78, 5) is 39.0. The zero-order chi connectivity index (χ0) is 19.8. The third-order valence-corrected chi connectivity index (χ3v) is 4.91. The molecule has 1 aromatic carbocycles. The van der Waals surface area contributed by atoms with Crippen molar-refractivity contribution < 1.29 is 14.5 Å². The Kier molecular flexibility index (Phi) is 7.44. The zero-order valence-electron chi connectivity index (χ0n) is 15.3. The van der Waals surface area contributed by atoms with E-state index < -0.39 is 4.92 Å². The molecule has 0 spiro atoms. The van der Waals surface area contributed by atoms with Crippen LogP contribution in [0.3, 0.4) is 0 Å². The molecule has 2 rings (SSSR count). The van der Waals surface area contributed by atoms with Gasteiger partial charge < -0.3 is 10.2 Å². The van der Waals surface area contributed by atoms with Gasteiger partial charge in [-0.2, -0.15) is 0 Å². The first kappa shape index (κ1) is 20.5. The van der Waals surface area contributed by atoms with Gasteiger partial charge in [0, 0.05) is 29.7 Å². The lowest BCUT2D eigenvalue weighted by Gasteiger charge is -2.23. The van der Waals surface area contributed by atoms with Crippen LogP contribution in [0.25, 0.3) is 0 Å². The fourth-order valence-corrected chi connectivity index (χ4v) is 3.02. The summed E-state index contributed by atoms with van der Waals surface area (Å²) in [6, 6.07) is 9.64. The lowest BCUT2D eigenvalue weighted by molar-refractivity contribution is -0.384. The quantitative estimate of drug-likeness (QED) is 0.523. The monoisotopic (exact) mass is 390 g/mol. The summed E-state index contributed by atoms with van der Waals surface area (Å²) in [7, 11) is 1.61. The van der Waals surface area contributed by atoms with E-state index in [1.807, 2.05) is 24.4 Å². The van der Waals surface area contributed by atoms with E-state index in [2.05, 4.69) is 5.32 Å². The lowest BCUT2D eigenvalue weighted by Crippen LogP contribution is -2.43. The molecule has 0 radical (unpaired) electrons. The van der Waals surface area contributed by atoms with Crippen molar-refractivity contribution >= 4 is 34.5 Å². The number of rotatable bonds is 9. The highest BCUT2D eigenvalue weighted by atomic mass is 32.1. The molecule has 9 heteroatoms. The standard InChI is InChI=1S/C18H22N4O4S/c1-3-21(12-17(23)19-11-16-5-4-10-27-16)13-18(24)20(2)14-6-8-15(9-7-14)22(25)26/h4-10H,3,11-13H2,1-2H3,(H,19,23). The highest BCUT2D eigenvalue weighted by molar-refractivity contribution is 7.09. The average molecular weight is 390 g/mol. The van der Waals surface area contributed by atoms with Crippen LogP contribution in [0.15, 0.2) is 41.8 Å². The van der Waals surface area contributed by atoms with E-state index in [4.69, 9.17) is 0 Å². The SMILES string of the molecule is CCN(CC(=O)NCc1cccs1)CC(=O)N(C)c1ccc([N+](=O)[O-])cc1. The predicted molar refractivity (Wildman–Crippen MR) is 105 cm³/mol. The van der Waals surface area contributed by atoms with E-state index in [1.54, 1.807) is 23.3 Å². The van der Waals surface area contributed by atoms with Gasteiger partial charge in [0.2, 0.25) is 11.8 Å². The van der Waals surface area contributed by atoms with Gasteiger partial charge >= 0.3 is 0 Å². The van der Waals surface area contributed by atoms with E-state index in [0.717, 1.165) is 4.88 Å². The van der Waals surface area contributed by atoms with Gasteiger partial charge in [-0.25, -0.2) is 0 Å². The molecule has 1 N–H and O–H groups in total. The lowest BCUT2D eigenvalue weighted by atomic mass is 10.2. The molecule has 27 heavy (non-hydrogen) atoms. The number of nitro groups is 1. The number of carbonyl (C=O) groups excluding carboxylic acids is 2. The molecule has 1 aromatic heterocycles. The molecule has 0 aliphatic carbocycles. The fourth-order valence-electron chi connectivity index (χ4n) is 2.38. The third kappa shape index (κ3) is 6.15. The Morgan fingerprint density at radius 1 is 1.19 bits per heavy atom. The molecule has 1 heterocycles. The molecule has 2 aromatic rings. The van der Waals surface area contributed by atoms with Crippen molar-refractivity contribution in [1.82, 2.24) is 10.2 Å². The first-order valence-electron chi connectivity index (χ1n) is 8.43. The molecule has 0 atom stereocenters. The highest BCUT2D eigenvalue weighted by Gasteiger charge is 2.17. The second-order valence-electron chi connectivity index (χ2n) is 5.89. The Hall–Kier alpha value is -2.78. The van der Waals surface area contributed by atoms with Gasteiger partial charge in [-0.15, -0.1) is 11.3 Å². The molecular formula is C18H22N4O4S. The summed E-state index contributed by atoms with van der Waals surface area (Å²) < 4.78 is 0. The van der Waals surface area contributed by atoms with Gasteiger partial charge in [0.15, 0.2) is 0 Å². The first-order chi connectivity index (χ1) is 12.9. The number of likely N-dealkylation sites (N-methyl/N-ethyl adjacent to an activating group) is 2. The van der Waals surface area contributed by atoms with E-state index in [1.165, 1.54) is 29.2 Å². The molecule has 0 fully saturated rings. The fraction of sp³-hybridized carbons (Fsp3) is 0.333. The van der Waals surface area contributed by atoms with Gasteiger partial charge in [-0.1, -0.05) is 13.0 Å². The summed E-state index contributed by atoms with van der Waals surface area (Å²) in [5, 5.41) is 15.5. The molecule has 0 unspecified atom stereocenters. The summed E-state index contributed by atoms with van der Waals surface area (Å²) in [6.07, 6.45) is 0. The van der Waals surface area contributed by atoms with Gasteiger partial charge in [0.25, 0.3) is 5.69 Å². The summed E-state index contributed by atoms with van der Waals surface area (Å²) in [6.45, 7) is 3.11. The molecule has 8 nitrogen and oxygen atoms in total. The van der Waals surface area contributed by atoms with E-state index in [0.29, 0.717) is 18.8 Å². The number of nitro benzene ring substituents is 1. The van der Waals surface area contributed by atoms with Crippen LogP contribution in [0.2, 0.25) is 0 Å². The van der Waals surface area contributed by atoms with E-state index in [-0.39, 0.29) is 30.6 Å². The second kappa shape index (κ2) is 9.79. The number of benzene rings is 1. The Labute approximate surface area is 161 Å². The van der Waals surface area contributed by atoms with Crippen molar-refractivity contribution in [2.45, 2.75) is 13.5 Å². The maximum Gasteiger partial charge on any atom is 0.269 e. The van der Waals surface area contributed by atoms with Gasteiger partial charge in [-0.05, 0) is 30.1 Å². The van der Waals surface area contributed by atoms with Crippen LogP contribution < -0.4 is 10.2 Å². The largest absolute Gasteiger partial charge is 0.350 e. The number of hydrogen-bond acceptors (Lipinski definition) is 6. The van der Waals surface area contributed by atoms with E-state index >= 15 is 0 Å². The molecule has 0 bridgehead atoms. The van der Waals surface area contributed by atoms with E-state index in [9.17, 15) is 19.7 Å². The summed E-state index contributed by atoms with van der Waals surface area (Å²) in [5.41, 5.74) is 0.529. The van der Waals surface area contributed by atoms with Crippen molar-refractivity contribution in [2.24, 2.45) is 0 Å². The number of nitrogens with one attached hydrogen (secondary N) is 1. The van der Waals surface area contributed by atoms with Crippen molar-refractivity contribution in [2.75, 3.05) is 31.6 Å². The van der Waals surface area contributed by atoms with Crippen LogP contribution in [0.1, 0.15) is 11.8 Å². The van der Waals surface area contributed by atoms with Gasteiger partial charge in [0.1, 0.15) is 0 Å². The van der Waals surface area contributed by atoms with Crippen molar-refractivity contribution in [1.29, 1.82) is 0 Å². The topological polar surface area (TPSA) is 95.8 Å². The third-order valence-electron chi connectivity index (χ3n) is 4.04. The predicted octanol–water partition coefficient (Wildman–Crippen LogP) is 2.26. The Balaban J connectivity index is 1.87. The van der Waals surface area contributed by atoms with Crippen LogP contribution in [-0.4, -0.2) is 48.3 Å². The minimum absolute atomic E-state index is 0.0304. The second-order valence-corrected chi connectivity index (χ2v) is 6.92. The Bertz CT molecular complexity index is 777. The van der Waals surface area contributed by atoms with Crippen molar-refractivity contribution in [3.63, 3.8) is 0 Å². The van der Waals surface area contributed by atoms with Crippen molar-refractivity contribution in [3.05, 3.63) is 56.8 Å². The number of non-ortho nitro benzene ring substituents is 1. The van der Waals surface area contributed by atoms with Crippen LogP contribution >= 0.6 is 11.3 Å². The van der Waals surface area contributed by atoms with Gasteiger partial charge in [-0.3, -0.25) is 24.6 Å². The number of hydrogen-bond donors (Lipinski definition) is 1. The van der Waals surface area contributed by atoms with Crippen molar-refractivity contribution in [3.8, 4) is 0 Å². The van der Waals surface area contributed by atoms with Crippen LogP contribution in [-0.2, 0) is 16.1 Å². The number of amides is 2. The number of carbonyl (C=O) groups is 2. The maximum absolute atomic E-state index is 12.5. The zero-order valence-corrected chi connectivity index (χ0v) is 16.1. The highest BCUT2D eigenvalue weighted by Crippen LogP contribution is 2.18. The minimum Gasteiger partial charge on any atom is -0.350 e. The minimum atomic E-state index is -0.487. The molecule has 0 aliphatic rings. The van der Waals surface area contributed by atoms with Gasteiger partial charge in [0.05, 0.1) is 24.6 Å². The number of anilines is 1.